The number of anilines is 1. The van der Waals surface area contributed by atoms with Crippen molar-refractivity contribution in [3.63, 3.8) is 0 Å². The van der Waals surface area contributed by atoms with E-state index in [0.29, 0.717) is 5.69 Å². The molecule has 1 aliphatic rings. The van der Waals surface area contributed by atoms with Crippen LogP contribution in [0.1, 0.15) is 66.8 Å². The van der Waals surface area contributed by atoms with Crippen molar-refractivity contribution in [1.82, 2.24) is 10.2 Å². The Balaban J connectivity index is 1.69. The summed E-state index contributed by atoms with van der Waals surface area (Å²) in [6.45, 7) is 9.14. The number of hydrogen-bond donors (Lipinski definition) is 1. The summed E-state index contributed by atoms with van der Waals surface area (Å²) < 4.78 is 29.3. The summed E-state index contributed by atoms with van der Waals surface area (Å²) in [5, 5.41) is 3.15. The first kappa shape index (κ1) is 31.3. The molecule has 3 aromatic rings. The number of benzene rings is 3. The molecule has 0 bridgehead atoms. The van der Waals surface area contributed by atoms with Crippen molar-refractivity contribution >= 4 is 27.5 Å². The van der Waals surface area contributed by atoms with Crippen molar-refractivity contribution in [1.29, 1.82) is 0 Å². The van der Waals surface area contributed by atoms with Crippen LogP contribution in [0, 0.1) is 27.7 Å². The fourth-order valence-electron chi connectivity index (χ4n) is 5.48. The number of amides is 2. The number of hydrogen-bond acceptors (Lipinski definition) is 4. The molecule has 0 aromatic heterocycles. The molecule has 4 rings (SSSR count). The Kier molecular flexibility index (Phi) is 10.1. The van der Waals surface area contributed by atoms with Crippen molar-refractivity contribution in [2.24, 2.45) is 0 Å². The second-order valence-corrected chi connectivity index (χ2v) is 13.5. The number of rotatable bonds is 10. The van der Waals surface area contributed by atoms with Crippen molar-refractivity contribution < 1.29 is 18.0 Å². The van der Waals surface area contributed by atoms with Crippen LogP contribution in [0.15, 0.2) is 71.6 Å². The van der Waals surface area contributed by atoms with Crippen molar-refractivity contribution in [2.45, 2.75) is 90.2 Å². The van der Waals surface area contributed by atoms with Gasteiger partial charge in [0, 0.05) is 12.6 Å². The smallest absolute Gasteiger partial charge is 0.264 e. The molecule has 0 heterocycles. The SMILES string of the molecule is Cc1ccc(CN(C(=O)CN(c2ccc(C)cc2C)S(=O)(=O)c2ccc(C)cc2)[C@H](C)C(=O)NC2CCCCC2)cc1. The fraction of sp³-hybridized carbons (Fsp3) is 0.412. The molecule has 1 N–H and O–H groups in total. The molecule has 1 aliphatic carbocycles. The van der Waals surface area contributed by atoms with Gasteiger partial charge in [-0.2, -0.15) is 0 Å². The van der Waals surface area contributed by atoms with Crippen molar-refractivity contribution in [3.05, 3.63) is 94.5 Å². The van der Waals surface area contributed by atoms with Crippen LogP contribution in [-0.4, -0.2) is 43.8 Å². The molecule has 0 unspecified atom stereocenters. The van der Waals surface area contributed by atoms with E-state index in [1.54, 1.807) is 37.3 Å². The highest BCUT2D eigenvalue weighted by Gasteiger charge is 2.33. The Morgan fingerprint density at radius 3 is 2.00 bits per heavy atom. The Morgan fingerprint density at radius 1 is 0.833 bits per heavy atom. The quantitative estimate of drug-likeness (QED) is 0.315. The number of aryl methyl sites for hydroxylation is 4. The van der Waals surface area contributed by atoms with Gasteiger partial charge in [0.25, 0.3) is 10.0 Å². The largest absolute Gasteiger partial charge is 0.352 e. The summed E-state index contributed by atoms with van der Waals surface area (Å²) >= 11 is 0. The summed E-state index contributed by atoms with van der Waals surface area (Å²) in [4.78, 5) is 29.3. The van der Waals surface area contributed by atoms with Crippen LogP contribution >= 0.6 is 0 Å². The van der Waals surface area contributed by atoms with Crippen LogP contribution in [0.2, 0.25) is 0 Å². The molecule has 224 valence electrons. The van der Waals surface area contributed by atoms with E-state index in [1.165, 1.54) is 15.6 Å². The highest BCUT2D eigenvalue weighted by Crippen LogP contribution is 2.28. The minimum Gasteiger partial charge on any atom is -0.352 e. The molecule has 1 saturated carbocycles. The molecule has 0 spiro atoms. The third-order valence-electron chi connectivity index (χ3n) is 8.10. The maximum absolute atomic E-state index is 14.2. The molecule has 0 saturated heterocycles. The zero-order valence-electron chi connectivity index (χ0n) is 25.4. The Bertz CT molecular complexity index is 1490. The highest BCUT2D eigenvalue weighted by molar-refractivity contribution is 7.92. The lowest BCUT2D eigenvalue weighted by Crippen LogP contribution is -2.53. The molecule has 1 fully saturated rings. The van der Waals surface area contributed by atoms with Crippen molar-refractivity contribution in [3.8, 4) is 0 Å². The first-order valence-electron chi connectivity index (χ1n) is 14.8. The number of carbonyl (C=O) groups is 2. The predicted octanol–water partition coefficient (Wildman–Crippen LogP) is 5.98. The Labute approximate surface area is 251 Å². The molecule has 2 amide bonds. The van der Waals surface area contributed by atoms with Crippen molar-refractivity contribution in [2.75, 3.05) is 10.8 Å². The van der Waals surface area contributed by atoms with E-state index in [4.69, 9.17) is 0 Å². The van der Waals surface area contributed by atoms with Crippen LogP contribution in [0.4, 0.5) is 5.69 Å². The normalized spacial score (nSPS) is 14.7. The fourth-order valence-corrected chi connectivity index (χ4v) is 6.96. The minimum atomic E-state index is -4.10. The van der Waals surface area contributed by atoms with E-state index < -0.39 is 28.5 Å². The summed E-state index contributed by atoms with van der Waals surface area (Å²) in [6, 6.07) is 19.2. The Morgan fingerprint density at radius 2 is 1.40 bits per heavy atom. The average Bonchev–Trinajstić information content (AvgIpc) is 2.96. The third kappa shape index (κ3) is 7.59. The number of carbonyl (C=O) groups excluding carboxylic acids is 2. The van der Waals surface area contributed by atoms with Gasteiger partial charge >= 0.3 is 0 Å². The standard InChI is InChI=1S/C34H43N3O4S/c1-24-11-16-29(17-12-24)22-36(28(5)34(39)35-30-9-7-6-8-10-30)33(38)23-37(32-20-15-26(3)21-27(32)4)42(40,41)31-18-13-25(2)14-19-31/h11-21,28,30H,6-10,22-23H2,1-5H3,(H,35,39)/t28-/m1/s1. The molecule has 7 nitrogen and oxygen atoms in total. The molecular weight excluding hydrogens is 546 g/mol. The van der Waals surface area contributed by atoms with Gasteiger partial charge in [0.05, 0.1) is 10.6 Å². The van der Waals surface area contributed by atoms with Gasteiger partial charge < -0.3 is 10.2 Å². The van der Waals surface area contributed by atoms with Gasteiger partial charge in [-0.3, -0.25) is 13.9 Å². The van der Waals surface area contributed by atoms with Gasteiger partial charge in [0.1, 0.15) is 12.6 Å². The summed E-state index contributed by atoms with van der Waals surface area (Å²) in [5.41, 5.74) is 5.06. The summed E-state index contributed by atoms with van der Waals surface area (Å²) in [7, 11) is -4.10. The monoisotopic (exact) mass is 589 g/mol. The maximum atomic E-state index is 14.2. The Hall–Kier alpha value is -3.65. The van der Waals surface area contributed by atoms with Crippen LogP contribution in [-0.2, 0) is 26.2 Å². The van der Waals surface area contributed by atoms with E-state index in [0.717, 1.165) is 53.5 Å². The molecule has 1 atom stereocenters. The number of nitrogens with zero attached hydrogens (tertiary/aromatic N) is 2. The zero-order chi connectivity index (χ0) is 30.4. The van der Waals surface area contributed by atoms with E-state index in [-0.39, 0.29) is 23.4 Å². The molecule has 8 heteroatoms. The average molecular weight is 590 g/mol. The lowest BCUT2D eigenvalue weighted by molar-refractivity contribution is -0.139. The van der Waals surface area contributed by atoms with Gasteiger partial charge in [0.2, 0.25) is 11.8 Å². The zero-order valence-corrected chi connectivity index (χ0v) is 26.2. The van der Waals surface area contributed by atoms with E-state index in [9.17, 15) is 18.0 Å². The summed E-state index contributed by atoms with van der Waals surface area (Å²) in [6.07, 6.45) is 5.18. The van der Waals surface area contributed by atoms with Gasteiger partial charge in [-0.15, -0.1) is 0 Å². The lowest BCUT2D eigenvalue weighted by Gasteiger charge is -2.33. The van der Waals surface area contributed by atoms with Gasteiger partial charge in [-0.05, 0) is 76.8 Å². The first-order valence-corrected chi connectivity index (χ1v) is 16.2. The van der Waals surface area contributed by atoms with Crippen LogP contribution in [0.5, 0.6) is 0 Å². The first-order chi connectivity index (χ1) is 20.0. The molecule has 42 heavy (non-hydrogen) atoms. The molecule has 3 aromatic carbocycles. The topological polar surface area (TPSA) is 86.8 Å². The van der Waals surface area contributed by atoms with Gasteiger partial charge in [-0.25, -0.2) is 8.42 Å². The minimum absolute atomic E-state index is 0.0960. The molecular formula is C34H43N3O4S. The molecule has 0 aliphatic heterocycles. The van der Waals surface area contributed by atoms with Crippen LogP contribution in [0.3, 0.4) is 0 Å². The third-order valence-corrected chi connectivity index (χ3v) is 9.88. The second-order valence-electron chi connectivity index (χ2n) is 11.6. The molecule has 0 radical (unpaired) electrons. The van der Waals surface area contributed by atoms with Crippen LogP contribution in [0.25, 0.3) is 0 Å². The summed E-state index contributed by atoms with van der Waals surface area (Å²) in [5.74, 6) is -0.667. The van der Waals surface area contributed by atoms with Gasteiger partial charge in [-0.1, -0.05) is 84.5 Å². The second kappa shape index (κ2) is 13.6. The van der Waals surface area contributed by atoms with Crippen LogP contribution < -0.4 is 9.62 Å². The van der Waals surface area contributed by atoms with E-state index in [1.807, 2.05) is 64.1 Å². The predicted molar refractivity (Wildman–Crippen MR) is 168 cm³/mol. The van der Waals surface area contributed by atoms with E-state index in [2.05, 4.69) is 5.32 Å². The van der Waals surface area contributed by atoms with Gasteiger partial charge in [0.15, 0.2) is 0 Å². The lowest BCUT2D eigenvalue weighted by atomic mass is 9.95. The number of nitrogens with one attached hydrogen (secondary N) is 1. The maximum Gasteiger partial charge on any atom is 0.264 e. The van der Waals surface area contributed by atoms with E-state index >= 15 is 0 Å². The number of sulfonamides is 1. The highest BCUT2D eigenvalue weighted by atomic mass is 32.2.